The first-order valence-corrected chi connectivity index (χ1v) is 6.43. The van der Waals surface area contributed by atoms with E-state index in [9.17, 15) is 27.3 Å². The van der Waals surface area contributed by atoms with Gasteiger partial charge in [-0.1, -0.05) is 0 Å². The van der Waals surface area contributed by atoms with Gasteiger partial charge in [0.25, 0.3) is 21.5 Å². The molecule has 0 spiro atoms. The smallest absolute Gasteiger partial charge is 0.358 e. The zero-order chi connectivity index (χ0) is 13.4. The van der Waals surface area contributed by atoms with Gasteiger partial charge in [-0.3, -0.25) is 0 Å². The van der Waals surface area contributed by atoms with Crippen molar-refractivity contribution in [3.63, 3.8) is 0 Å². The van der Waals surface area contributed by atoms with Crippen LogP contribution in [0.25, 0.3) is 0 Å². The maximum absolute atomic E-state index is 12.5. The molecule has 17 heavy (non-hydrogen) atoms. The third-order valence-corrected chi connectivity index (χ3v) is 3.33. The average Bonchev–Trinajstić information content (AvgIpc) is 2.13. The molecular weight excluding hydrogens is 375 g/mol. The van der Waals surface area contributed by atoms with E-state index in [0.717, 1.165) is 6.07 Å². The van der Waals surface area contributed by atoms with Crippen LogP contribution in [0.3, 0.4) is 0 Å². The third-order valence-electron chi connectivity index (χ3n) is 1.65. The maximum atomic E-state index is 12.5. The number of aromatic nitrogens is 1. The first-order valence-electron chi connectivity index (χ1n) is 3.80. The number of nitrogens with two attached hydrogens (primary N) is 1. The lowest BCUT2D eigenvalue weighted by atomic mass is 10.3. The predicted molar refractivity (Wildman–Crippen MR) is 59.9 cm³/mol. The van der Waals surface area contributed by atoms with Gasteiger partial charge in [0.1, 0.15) is 5.56 Å². The molecule has 0 unspecified atom stereocenters. The minimum Gasteiger partial charge on any atom is -0.358 e. The monoisotopic (exact) mass is 379 g/mol. The van der Waals surface area contributed by atoms with E-state index in [1.54, 1.807) is 0 Å². The zero-order valence-electron chi connectivity index (χ0n) is 7.80. The van der Waals surface area contributed by atoms with Gasteiger partial charge in [0.15, 0.2) is 0 Å². The van der Waals surface area contributed by atoms with E-state index in [0.29, 0.717) is 0 Å². The number of pyridine rings is 1. The van der Waals surface area contributed by atoms with Crippen LogP contribution in [-0.2, 0) is 10.0 Å². The summed E-state index contributed by atoms with van der Waals surface area (Å²) >= 11 is 1.36. The molecule has 1 rings (SSSR count). The van der Waals surface area contributed by atoms with Crippen LogP contribution >= 0.6 is 22.6 Å². The van der Waals surface area contributed by atoms with Crippen LogP contribution in [0.1, 0.15) is 12.0 Å². The second-order valence-electron chi connectivity index (χ2n) is 2.78. The van der Waals surface area contributed by atoms with Crippen LogP contribution in [0.15, 0.2) is 11.1 Å². The Labute approximate surface area is 107 Å². The van der Waals surface area contributed by atoms with Gasteiger partial charge in [0, 0.05) is 9.64 Å². The minimum atomic E-state index is -4.29. The average molecular weight is 379 g/mol. The van der Waals surface area contributed by atoms with E-state index in [1.165, 1.54) is 22.6 Å². The summed E-state index contributed by atoms with van der Waals surface area (Å²) in [6, 6.07) is 0.754. The molecule has 7 nitrogen and oxygen atoms in total. The van der Waals surface area contributed by atoms with E-state index in [4.69, 9.17) is 5.14 Å². The number of primary sulfonamides is 1. The van der Waals surface area contributed by atoms with Gasteiger partial charge in [0.2, 0.25) is 0 Å². The molecule has 1 aromatic heterocycles. The number of sulfonamides is 1. The van der Waals surface area contributed by atoms with Gasteiger partial charge in [-0.05, 0) is 32.5 Å². The third kappa shape index (κ3) is 3.04. The van der Waals surface area contributed by atoms with Crippen molar-refractivity contribution in [2.24, 2.45) is 5.14 Å². The summed E-state index contributed by atoms with van der Waals surface area (Å²) in [7, 11) is -4.29. The molecule has 0 atom stereocenters. The Bertz CT molecular complexity index is 577. The lowest BCUT2D eigenvalue weighted by Gasteiger charge is -2.04. The van der Waals surface area contributed by atoms with E-state index < -0.39 is 37.8 Å². The van der Waals surface area contributed by atoms with Crippen molar-refractivity contribution in [1.29, 1.82) is 0 Å². The van der Waals surface area contributed by atoms with Crippen LogP contribution in [0, 0.1) is 13.7 Å². The summed E-state index contributed by atoms with van der Waals surface area (Å²) in [6.07, 6.45) is -3.13. The van der Waals surface area contributed by atoms with Crippen LogP contribution in [-0.4, -0.2) is 18.3 Å². The quantitative estimate of drug-likeness (QED) is 0.481. The molecule has 0 saturated heterocycles. The number of hydrogen-bond donors (Lipinski definition) is 1. The van der Waals surface area contributed by atoms with Crippen molar-refractivity contribution in [3.05, 3.63) is 25.3 Å². The Hall–Kier alpha value is -0.950. The van der Waals surface area contributed by atoms with Gasteiger partial charge in [-0.2, -0.15) is 0 Å². The predicted octanol–water partition coefficient (Wildman–Crippen LogP) is 1.18. The van der Waals surface area contributed by atoms with E-state index in [2.05, 4.69) is 4.98 Å². The standard InChI is InChI=1S/C6H4F2IN3O4S/c7-5(8)4-2(9)1-3(17(10,15)16)11-6(4)12(13)14/h1,5H,(H2,10,15,16). The highest BCUT2D eigenvalue weighted by Gasteiger charge is 2.31. The summed E-state index contributed by atoms with van der Waals surface area (Å²) in [4.78, 5) is 12.4. The summed E-state index contributed by atoms with van der Waals surface area (Å²) in [5, 5.41) is 14.4. The number of halogens is 3. The molecule has 0 aliphatic heterocycles. The number of hydrogen-bond acceptors (Lipinski definition) is 5. The van der Waals surface area contributed by atoms with Crippen molar-refractivity contribution in [2.75, 3.05) is 0 Å². The first-order chi connectivity index (χ1) is 7.64. The van der Waals surface area contributed by atoms with Gasteiger partial charge in [-0.25, -0.2) is 22.3 Å². The Kier molecular flexibility index (Phi) is 3.93. The topological polar surface area (TPSA) is 116 Å². The molecule has 0 radical (unpaired) electrons. The number of rotatable bonds is 3. The van der Waals surface area contributed by atoms with E-state index in [1.807, 2.05) is 0 Å². The van der Waals surface area contributed by atoms with Crippen LogP contribution in [0.4, 0.5) is 14.6 Å². The summed E-state index contributed by atoms with van der Waals surface area (Å²) in [6.45, 7) is 0. The normalized spacial score (nSPS) is 11.8. The Balaban J connectivity index is 3.64. The van der Waals surface area contributed by atoms with Crippen molar-refractivity contribution in [1.82, 2.24) is 4.98 Å². The molecule has 94 valence electrons. The molecule has 11 heteroatoms. The lowest BCUT2D eigenvalue weighted by Crippen LogP contribution is -2.16. The number of nitrogens with zero attached hydrogens (tertiary/aromatic N) is 2. The fourth-order valence-electron chi connectivity index (χ4n) is 0.977. The molecule has 0 aromatic carbocycles. The molecule has 1 heterocycles. The molecule has 0 amide bonds. The minimum absolute atomic E-state index is 0.289. The van der Waals surface area contributed by atoms with E-state index >= 15 is 0 Å². The first kappa shape index (κ1) is 14.1. The SMILES string of the molecule is NS(=O)(=O)c1cc(I)c(C(F)F)c([N+](=O)[O-])n1. The Morgan fingerprint density at radius 1 is 1.53 bits per heavy atom. The second kappa shape index (κ2) is 4.73. The van der Waals surface area contributed by atoms with Crippen molar-refractivity contribution < 1.29 is 22.1 Å². The zero-order valence-corrected chi connectivity index (χ0v) is 10.8. The summed E-state index contributed by atoms with van der Waals surface area (Å²) in [5.74, 6) is -1.21. The largest absolute Gasteiger partial charge is 0.374 e. The molecule has 0 aliphatic carbocycles. The van der Waals surface area contributed by atoms with Gasteiger partial charge >= 0.3 is 5.82 Å². The maximum Gasteiger partial charge on any atom is 0.374 e. The summed E-state index contributed by atoms with van der Waals surface area (Å²) in [5.41, 5.74) is -0.928. The van der Waals surface area contributed by atoms with Crippen LogP contribution < -0.4 is 5.14 Å². The molecule has 0 saturated carbocycles. The van der Waals surface area contributed by atoms with Crippen molar-refractivity contribution in [2.45, 2.75) is 11.5 Å². The Morgan fingerprint density at radius 2 is 2.06 bits per heavy atom. The highest BCUT2D eigenvalue weighted by Crippen LogP contribution is 2.32. The van der Waals surface area contributed by atoms with Gasteiger partial charge in [0.05, 0.1) is 0 Å². The van der Waals surface area contributed by atoms with Crippen LogP contribution in [0.2, 0.25) is 0 Å². The molecule has 1 aromatic rings. The number of nitro groups is 1. The second-order valence-corrected chi connectivity index (χ2v) is 5.45. The van der Waals surface area contributed by atoms with Gasteiger partial charge in [-0.15, -0.1) is 0 Å². The van der Waals surface area contributed by atoms with Gasteiger partial charge < -0.3 is 10.1 Å². The molecule has 0 fully saturated rings. The lowest BCUT2D eigenvalue weighted by molar-refractivity contribution is -0.391. The number of alkyl halides is 2. The fourth-order valence-corrected chi connectivity index (χ4v) is 2.46. The van der Waals surface area contributed by atoms with Crippen LogP contribution in [0.5, 0.6) is 0 Å². The van der Waals surface area contributed by atoms with Crippen molar-refractivity contribution in [3.8, 4) is 0 Å². The molecule has 2 N–H and O–H groups in total. The molecule has 0 bridgehead atoms. The summed E-state index contributed by atoms with van der Waals surface area (Å²) < 4.78 is 46.7. The van der Waals surface area contributed by atoms with E-state index in [-0.39, 0.29) is 3.57 Å². The molecule has 0 aliphatic rings. The van der Waals surface area contributed by atoms with Crippen molar-refractivity contribution >= 4 is 38.4 Å². The highest BCUT2D eigenvalue weighted by atomic mass is 127. The fraction of sp³-hybridized carbons (Fsp3) is 0.167. The highest BCUT2D eigenvalue weighted by molar-refractivity contribution is 14.1. The Morgan fingerprint density at radius 3 is 2.41 bits per heavy atom. The molecular formula is C6H4F2IN3O4S.